The van der Waals surface area contributed by atoms with Gasteiger partial charge in [-0.25, -0.2) is 4.68 Å². The van der Waals surface area contributed by atoms with Crippen LogP contribution < -0.4 is 5.32 Å². The fourth-order valence-electron chi connectivity index (χ4n) is 2.24. The minimum absolute atomic E-state index is 0.0746. The molecule has 0 atom stereocenters. The van der Waals surface area contributed by atoms with Crippen LogP contribution in [0.15, 0.2) is 30.5 Å². The number of benzene rings is 1. The highest BCUT2D eigenvalue weighted by atomic mass is 16.3. The Morgan fingerprint density at radius 3 is 2.57 bits per heavy atom. The van der Waals surface area contributed by atoms with Gasteiger partial charge in [0.2, 0.25) is 0 Å². The van der Waals surface area contributed by atoms with E-state index in [9.17, 15) is 4.79 Å². The van der Waals surface area contributed by atoms with Gasteiger partial charge >= 0.3 is 0 Å². The van der Waals surface area contributed by atoms with Crippen molar-refractivity contribution in [1.29, 1.82) is 0 Å². The van der Waals surface area contributed by atoms with Gasteiger partial charge in [0.25, 0.3) is 5.91 Å². The molecule has 0 aliphatic rings. The van der Waals surface area contributed by atoms with Crippen molar-refractivity contribution in [3.63, 3.8) is 0 Å². The molecule has 1 aromatic heterocycles. The summed E-state index contributed by atoms with van der Waals surface area (Å²) in [6, 6.07) is 8.02. The van der Waals surface area contributed by atoms with Crippen molar-refractivity contribution >= 4 is 5.91 Å². The Morgan fingerprint density at radius 1 is 1.33 bits per heavy atom. The smallest absolute Gasteiger partial charge is 0.254 e. The van der Waals surface area contributed by atoms with E-state index in [0.29, 0.717) is 5.56 Å². The van der Waals surface area contributed by atoms with Crippen molar-refractivity contribution in [3.05, 3.63) is 47.3 Å². The molecule has 5 nitrogen and oxygen atoms in total. The molecule has 21 heavy (non-hydrogen) atoms. The maximum absolute atomic E-state index is 12.2. The molecule has 0 saturated carbocycles. The van der Waals surface area contributed by atoms with Crippen LogP contribution in [0.5, 0.6) is 0 Å². The molecule has 2 aromatic rings. The number of aliphatic hydroxyl groups is 1. The quantitative estimate of drug-likeness (QED) is 0.884. The Morgan fingerprint density at radius 2 is 2.00 bits per heavy atom. The van der Waals surface area contributed by atoms with Gasteiger partial charge in [0.15, 0.2) is 0 Å². The van der Waals surface area contributed by atoms with Crippen LogP contribution in [0.3, 0.4) is 0 Å². The summed E-state index contributed by atoms with van der Waals surface area (Å²) in [4.78, 5) is 12.2. The first-order valence-corrected chi connectivity index (χ1v) is 7.08. The van der Waals surface area contributed by atoms with Crippen molar-refractivity contribution in [2.45, 2.75) is 26.7 Å². The fourth-order valence-corrected chi connectivity index (χ4v) is 2.24. The molecule has 0 radical (unpaired) electrons. The summed E-state index contributed by atoms with van der Waals surface area (Å²) in [6.07, 6.45) is 1.59. The van der Waals surface area contributed by atoms with E-state index in [-0.39, 0.29) is 25.0 Å². The number of hydrogen-bond acceptors (Lipinski definition) is 3. The van der Waals surface area contributed by atoms with E-state index in [4.69, 9.17) is 5.11 Å². The summed E-state index contributed by atoms with van der Waals surface area (Å²) in [5.41, 5.74) is 3.54. The lowest BCUT2D eigenvalue weighted by Crippen LogP contribution is -2.27. The number of amides is 1. The van der Waals surface area contributed by atoms with E-state index >= 15 is 0 Å². The van der Waals surface area contributed by atoms with Crippen molar-refractivity contribution < 1.29 is 9.90 Å². The lowest BCUT2D eigenvalue weighted by molar-refractivity contribution is 0.0943. The van der Waals surface area contributed by atoms with Crippen molar-refractivity contribution in [1.82, 2.24) is 15.1 Å². The number of aryl methyl sites for hydroxylation is 1. The number of nitrogens with zero attached hydrogens (tertiary/aromatic N) is 2. The average molecular weight is 287 g/mol. The molecule has 1 aromatic carbocycles. The number of aliphatic hydroxyl groups excluding tert-OH is 1. The number of rotatable bonds is 5. The third-order valence-electron chi connectivity index (χ3n) is 3.27. The lowest BCUT2D eigenvalue weighted by Gasteiger charge is -2.13. The third-order valence-corrected chi connectivity index (χ3v) is 3.27. The highest BCUT2D eigenvalue weighted by Crippen LogP contribution is 2.23. The predicted molar refractivity (Wildman–Crippen MR) is 81.8 cm³/mol. The van der Waals surface area contributed by atoms with Gasteiger partial charge in [-0.1, -0.05) is 31.5 Å². The summed E-state index contributed by atoms with van der Waals surface area (Å²) >= 11 is 0. The van der Waals surface area contributed by atoms with Crippen LogP contribution in [-0.2, 0) is 0 Å². The molecule has 2 N–H and O–H groups in total. The maximum atomic E-state index is 12.2. The number of aromatic nitrogens is 2. The first-order valence-electron chi connectivity index (χ1n) is 7.08. The molecule has 0 fully saturated rings. The number of carbonyl (C=O) groups is 1. The van der Waals surface area contributed by atoms with Crippen molar-refractivity contribution in [2.75, 3.05) is 13.2 Å². The van der Waals surface area contributed by atoms with Gasteiger partial charge in [-0.15, -0.1) is 0 Å². The standard InChI is InChI=1S/C16H21N3O2/c1-11(2)15-14(16(21)17-8-9-20)10-18-19(15)13-6-4-12(3)5-7-13/h4-7,10-11,20H,8-9H2,1-3H3,(H,17,21). The highest BCUT2D eigenvalue weighted by molar-refractivity contribution is 5.95. The monoisotopic (exact) mass is 287 g/mol. The van der Waals surface area contributed by atoms with E-state index in [2.05, 4.69) is 10.4 Å². The Bertz CT molecular complexity index is 615. The van der Waals surface area contributed by atoms with E-state index in [1.165, 1.54) is 5.56 Å². The van der Waals surface area contributed by atoms with Crippen molar-refractivity contribution in [2.24, 2.45) is 0 Å². The largest absolute Gasteiger partial charge is 0.395 e. The van der Waals surface area contributed by atoms with Crippen molar-refractivity contribution in [3.8, 4) is 5.69 Å². The molecule has 0 aliphatic heterocycles. The maximum Gasteiger partial charge on any atom is 0.254 e. The molecule has 0 saturated heterocycles. The summed E-state index contributed by atoms with van der Waals surface area (Å²) in [5, 5.41) is 15.8. The molecule has 5 heteroatoms. The minimum Gasteiger partial charge on any atom is -0.395 e. The lowest BCUT2D eigenvalue weighted by atomic mass is 10.0. The molecule has 1 amide bonds. The van der Waals surface area contributed by atoms with Crippen LogP contribution in [0.2, 0.25) is 0 Å². The molecular formula is C16H21N3O2. The van der Waals surface area contributed by atoms with Gasteiger partial charge in [-0.3, -0.25) is 4.79 Å². The second-order valence-corrected chi connectivity index (χ2v) is 5.33. The van der Waals surface area contributed by atoms with Gasteiger partial charge in [-0.2, -0.15) is 5.10 Å². The van der Waals surface area contributed by atoms with E-state index in [0.717, 1.165) is 11.4 Å². The van der Waals surface area contributed by atoms with Crippen LogP contribution in [0, 0.1) is 6.92 Å². The molecule has 2 rings (SSSR count). The van der Waals surface area contributed by atoms with E-state index < -0.39 is 0 Å². The predicted octanol–water partition coefficient (Wildman–Crippen LogP) is 2.03. The first-order chi connectivity index (χ1) is 10.0. The molecular weight excluding hydrogens is 266 g/mol. The van der Waals surface area contributed by atoms with E-state index in [1.807, 2.05) is 45.0 Å². The number of carbonyl (C=O) groups excluding carboxylic acids is 1. The van der Waals surface area contributed by atoms with Crippen LogP contribution >= 0.6 is 0 Å². The zero-order valence-corrected chi connectivity index (χ0v) is 12.6. The highest BCUT2D eigenvalue weighted by Gasteiger charge is 2.20. The zero-order valence-electron chi connectivity index (χ0n) is 12.6. The van der Waals surface area contributed by atoms with Crippen LogP contribution in [0.4, 0.5) is 0 Å². The summed E-state index contributed by atoms with van der Waals surface area (Å²) in [5.74, 6) is -0.0465. The summed E-state index contributed by atoms with van der Waals surface area (Å²) < 4.78 is 1.80. The van der Waals surface area contributed by atoms with Gasteiger partial charge in [0.05, 0.1) is 29.7 Å². The minimum atomic E-state index is -0.203. The van der Waals surface area contributed by atoms with Gasteiger partial charge in [0, 0.05) is 6.54 Å². The molecule has 0 unspecified atom stereocenters. The second-order valence-electron chi connectivity index (χ2n) is 5.33. The first kappa shape index (κ1) is 15.3. The summed E-state index contributed by atoms with van der Waals surface area (Å²) in [7, 11) is 0. The second kappa shape index (κ2) is 6.54. The molecule has 0 spiro atoms. The summed E-state index contributed by atoms with van der Waals surface area (Å²) in [6.45, 7) is 6.26. The van der Waals surface area contributed by atoms with Gasteiger partial charge in [0.1, 0.15) is 0 Å². The Hall–Kier alpha value is -2.14. The SMILES string of the molecule is Cc1ccc(-n2ncc(C(=O)NCCO)c2C(C)C)cc1. The third kappa shape index (κ3) is 3.31. The van der Waals surface area contributed by atoms with Gasteiger partial charge in [-0.05, 0) is 25.0 Å². The van der Waals surface area contributed by atoms with Gasteiger partial charge < -0.3 is 10.4 Å². The molecule has 1 heterocycles. The Labute approximate surface area is 124 Å². The molecule has 0 bridgehead atoms. The van der Waals surface area contributed by atoms with Crippen LogP contribution in [-0.4, -0.2) is 33.9 Å². The number of hydrogen-bond donors (Lipinski definition) is 2. The Balaban J connectivity index is 2.41. The number of nitrogens with one attached hydrogen (secondary N) is 1. The normalized spacial score (nSPS) is 10.9. The average Bonchev–Trinajstić information content (AvgIpc) is 2.90. The van der Waals surface area contributed by atoms with Crippen LogP contribution in [0.1, 0.15) is 41.4 Å². The topological polar surface area (TPSA) is 67.2 Å². The fraction of sp³-hybridized carbons (Fsp3) is 0.375. The molecule has 112 valence electrons. The zero-order chi connectivity index (χ0) is 15.4. The van der Waals surface area contributed by atoms with Crippen LogP contribution in [0.25, 0.3) is 5.69 Å². The molecule has 0 aliphatic carbocycles. The Kier molecular flexibility index (Phi) is 4.75. The van der Waals surface area contributed by atoms with E-state index in [1.54, 1.807) is 10.9 Å².